The predicted octanol–water partition coefficient (Wildman–Crippen LogP) is 7.27. The number of aryl methyl sites for hydroxylation is 3. The van der Waals surface area contributed by atoms with Crippen molar-refractivity contribution in [3.05, 3.63) is 101 Å². The molecule has 0 N–H and O–H groups in total. The summed E-state index contributed by atoms with van der Waals surface area (Å²) in [7, 11) is 1.32. The molecule has 0 heterocycles. The second-order valence-corrected chi connectivity index (χ2v) is 7.47. The second-order valence-electron chi connectivity index (χ2n) is 7.47. The third-order valence-corrected chi connectivity index (χ3v) is 5.36. The van der Waals surface area contributed by atoms with Gasteiger partial charge in [0.25, 0.3) is 0 Å². The van der Waals surface area contributed by atoms with E-state index in [1.54, 1.807) is 12.1 Å². The standard InChI is InChI=1S/C27H27F3O/c1-31-25-18-17-24(26(29)27(25)30)16-11-21-9-14-23(15-10-21)22-12-7-20(8-13-22)6-4-2-3-5-19-28/h3,5,7-10,12-15,17-18H,2,4,6,11,16,19H2,1H3. The Morgan fingerprint density at radius 1 is 0.710 bits per heavy atom. The first kappa shape index (κ1) is 22.7. The first-order valence-corrected chi connectivity index (χ1v) is 10.5. The van der Waals surface area contributed by atoms with Gasteiger partial charge in [0.05, 0.1) is 7.11 Å². The molecule has 0 aliphatic rings. The molecule has 0 spiro atoms. The van der Waals surface area contributed by atoms with Crippen LogP contribution in [-0.4, -0.2) is 13.8 Å². The van der Waals surface area contributed by atoms with Crippen molar-refractivity contribution in [3.63, 3.8) is 0 Å². The van der Waals surface area contributed by atoms with E-state index in [0.29, 0.717) is 18.4 Å². The molecule has 4 heteroatoms. The number of benzene rings is 3. The Labute approximate surface area is 182 Å². The summed E-state index contributed by atoms with van der Waals surface area (Å²) in [5.74, 6) is -1.85. The topological polar surface area (TPSA) is 9.23 Å². The number of alkyl halides is 1. The van der Waals surface area contributed by atoms with E-state index in [-0.39, 0.29) is 5.75 Å². The third-order valence-electron chi connectivity index (χ3n) is 5.36. The van der Waals surface area contributed by atoms with Crippen LogP contribution in [0.15, 0.2) is 72.8 Å². The fraction of sp³-hybridized carbons (Fsp3) is 0.259. The molecule has 0 atom stereocenters. The largest absolute Gasteiger partial charge is 0.494 e. The minimum Gasteiger partial charge on any atom is -0.494 e. The van der Waals surface area contributed by atoms with Crippen LogP contribution in [0.2, 0.25) is 0 Å². The number of allylic oxidation sites excluding steroid dienone is 2. The van der Waals surface area contributed by atoms with E-state index in [1.807, 2.05) is 18.2 Å². The van der Waals surface area contributed by atoms with E-state index < -0.39 is 18.3 Å². The summed E-state index contributed by atoms with van der Waals surface area (Å²) in [6.07, 6.45) is 7.34. The van der Waals surface area contributed by atoms with Crippen LogP contribution in [0.5, 0.6) is 5.75 Å². The van der Waals surface area contributed by atoms with Crippen LogP contribution in [0.3, 0.4) is 0 Å². The van der Waals surface area contributed by atoms with Gasteiger partial charge in [0.15, 0.2) is 11.6 Å². The van der Waals surface area contributed by atoms with E-state index in [1.165, 1.54) is 18.7 Å². The van der Waals surface area contributed by atoms with Crippen molar-refractivity contribution in [2.24, 2.45) is 0 Å². The molecule has 0 aliphatic carbocycles. The van der Waals surface area contributed by atoms with Gasteiger partial charge in [0.1, 0.15) is 6.67 Å². The van der Waals surface area contributed by atoms with E-state index in [4.69, 9.17) is 4.74 Å². The number of hydrogen-bond acceptors (Lipinski definition) is 1. The number of rotatable bonds is 10. The molecule has 1 nitrogen and oxygen atoms in total. The zero-order valence-corrected chi connectivity index (χ0v) is 17.7. The van der Waals surface area contributed by atoms with E-state index in [9.17, 15) is 13.2 Å². The normalized spacial score (nSPS) is 11.2. The third kappa shape index (κ3) is 6.24. The lowest BCUT2D eigenvalue weighted by molar-refractivity contribution is 0.370. The number of halogens is 3. The molecule has 0 fully saturated rings. The van der Waals surface area contributed by atoms with Gasteiger partial charge in [0, 0.05) is 0 Å². The average Bonchev–Trinajstić information content (AvgIpc) is 2.81. The first-order chi connectivity index (χ1) is 15.1. The van der Waals surface area contributed by atoms with Gasteiger partial charge >= 0.3 is 0 Å². The maximum atomic E-state index is 14.1. The van der Waals surface area contributed by atoms with Crippen LogP contribution >= 0.6 is 0 Å². The molecule has 162 valence electrons. The Morgan fingerprint density at radius 3 is 1.90 bits per heavy atom. The summed E-state index contributed by atoms with van der Waals surface area (Å²) >= 11 is 0. The molecule has 3 aromatic rings. The smallest absolute Gasteiger partial charge is 0.200 e. The maximum absolute atomic E-state index is 14.1. The molecule has 0 unspecified atom stereocenters. The minimum absolute atomic E-state index is 0.0785. The lowest BCUT2D eigenvalue weighted by Crippen LogP contribution is -2.00. The Morgan fingerprint density at radius 2 is 1.32 bits per heavy atom. The Hall–Kier alpha value is -3.01. The van der Waals surface area contributed by atoms with Gasteiger partial charge < -0.3 is 4.74 Å². The molecule has 31 heavy (non-hydrogen) atoms. The van der Waals surface area contributed by atoms with Crippen LogP contribution in [0.1, 0.15) is 29.5 Å². The summed E-state index contributed by atoms with van der Waals surface area (Å²) in [6, 6.07) is 19.7. The van der Waals surface area contributed by atoms with Crippen molar-refractivity contribution in [1.29, 1.82) is 0 Å². The SMILES string of the molecule is COc1ccc(CCc2ccc(-c3ccc(CCCC=CCF)cc3)cc2)c(F)c1F. The van der Waals surface area contributed by atoms with Crippen molar-refractivity contribution in [1.82, 2.24) is 0 Å². The summed E-state index contributed by atoms with van der Waals surface area (Å²) in [5, 5.41) is 0. The van der Waals surface area contributed by atoms with Gasteiger partial charge in [-0.1, -0.05) is 66.7 Å². The molecule has 0 radical (unpaired) electrons. The van der Waals surface area contributed by atoms with Crippen molar-refractivity contribution >= 4 is 0 Å². The highest BCUT2D eigenvalue weighted by Gasteiger charge is 2.13. The molecule has 3 rings (SSSR count). The van der Waals surface area contributed by atoms with Crippen LogP contribution < -0.4 is 4.74 Å². The van der Waals surface area contributed by atoms with Gasteiger partial charge in [-0.15, -0.1) is 0 Å². The zero-order chi connectivity index (χ0) is 22.1. The highest BCUT2D eigenvalue weighted by Crippen LogP contribution is 2.24. The number of methoxy groups -OCH3 is 1. The van der Waals surface area contributed by atoms with Gasteiger partial charge in [-0.25, -0.2) is 8.78 Å². The van der Waals surface area contributed by atoms with Gasteiger partial charge in [0.2, 0.25) is 5.82 Å². The van der Waals surface area contributed by atoms with Crippen LogP contribution in [0, 0.1) is 11.6 Å². The molecular weight excluding hydrogens is 397 g/mol. The van der Waals surface area contributed by atoms with Crippen molar-refractivity contribution in [2.75, 3.05) is 13.8 Å². The van der Waals surface area contributed by atoms with Crippen LogP contribution in [0.4, 0.5) is 13.2 Å². The average molecular weight is 425 g/mol. The van der Waals surface area contributed by atoms with Crippen molar-refractivity contribution in [3.8, 4) is 16.9 Å². The molecule has 0 saturated carbocycles. The Bertz CT molecular complexity index is 992. The maximum Gasteiger partial charge on any atom is 0.200 e. The Kier molecular flexibility index (Phi) is 8.34. The highest BCUT2D eigenvalue weighted by atomic mass is 19.2. The summed E-state index contributed by atoms with van der Waals surface area (Å²) < 4.78 is 44.8. The molecule has 0 amide bonds. The van der Waals surface area contributed by atoms with E-state index >= 15 is 0 Å². The summed E-state index contributed by atoms with van der Waals surface area (Å²) in [6.45, 7) is -0.398. The molecule has 0 saturated heterocycles. The summed E-state index contributed by atoms with van der Waals surface area (Å²) in [5.41, 5.74) is 4.93. The minimum atomic E-state index is -0.935. The van der Waals surface area contributed by atoms with Crippen LogP contribution in [0.25, 0.3) is 11.1 Å². The van der Waals surface area contributed by atoms with E-state index in [0.717, 1.165) is 36.0 Å². The molecular formula is C27H27F3O. The number of hydrogen-bond donors (Lipinski definition) is 0. The van der Waals surface area contributed by atoms with Gasteiger partial charge in [-0.05, 0) is 66.0 Å². The lowest BCUT2D eigenvalue weighted by Gasteiger charge is -2.09. The van der Waals surface area contributed by atoms with E-state index in [2.05, 4.69) is 36.4 Å². The fourth-order valence-electron chi connectivity index (χ4n) is 3.53. The van der Waals surface area contributed by atoms with Crippen molar-refractivity contribution in [2.45, 2.75) is 32.1 Å². The van der Waals surface area contributed by atoms with Crippen LogP contribution in [-0.2, 0) is 19.3 Å². The summed E-state index contributed by atoms with van der Waals surface area (Å²) in [4.78, 5) is 0. The van der Waals surface area contributed by atoms with Gasteiger partial charge in [-0.2, -0.15) is 4.39 Å². The monoisotopic (exact) mass is 424 g/mol. The van der Waals surface area contributed by atoms with Gasteiger partial charge in [-0.3, -0.25) is 0 Å². The Balaban J connectivity index is 1.56. The molecule has 0 aromatic heterocycles. The first-order valence-electron chi connectivity index (χ1n) is 10.5. The quantitative estimate of drug-likeness (QED) is 0.246. The predicted molar refractivity (Wildman–Crippen MR) is 120 cm³/mol. The second kappa shape index (κ2) is 11.4. The number of unbranched alkanes of at least 4 members (excludes halogenated alkanes) is 1. The van der Waals surface area contributed by atoms with Crippen molar-refractivity contribution < 1.29 is 17.9 Å². The number of ether oxygens (including phenoxy) is 1. The lowest BCUT2D eigenvalue weighted by atomic mass is 9.98. The molecule has 0 bridgehead atoms. The molecule has 0 aliphatic heterocycles. The highest BCUT2D eigenvalue weighted by molar-refractivity contribution is 5.64. The molecule has 3 aromatic carbocycles. The zero-order valence-electron chi connectivity index (χ0n) is 17.7. The fourth-order valence-corrected chi connectivity index (χ4v) is 3.53.